The third-order valence-electron chi connectivity index (χ3n) is 2.78. The van der Waals surface area contributed by atoms with Crippen molar-refractivity contribution < 1.29 is 43.9 Å². The monoisotopic (exact) mass is 403 g/mol. The summed E-state index contributed by atoms with van der Waals surface area (Å²) in [5, 5.41) is 0. The molecule has 0 N–H and O–H groups in total. The van der Waals surface area contributed by atoms with E-state index in [1.165, 1.54) is 0 Å². The zero-order valence-corrected chi connectivity index (χ0v) is 12.8. The van der Waals surface area contributed by atoms with Crippen LogP contribution in [0.25, 0.3) is 0 Å². The van der Waals surface area contributed by atoms with Crippen molar-refractivity contribution in [3.8, 4) is 0 Å². The molecule has 0 aliphatic rings. The van der Waals surface area contributed by atoms with Crippen LogP contribution in [0.5, 0.6) is 0 Å². The Kier molecular flexibility index (Phi) is 4.71. The quantitative estimate of drug-likeness (QED) is 0.313. The van der Waals surface area contributed by atoms with E-state index in [1.807, 2.05) is 0 Å². The second kappa shape index (κ2) is 6.11. The zero-order valence-electron chi connectivity index (χ0n) is 10.4. The van der Waals surface area contributed by atoms with Crippen LogP contribution in [0.15, 0.2) is 0 Å². The normalized spacial score (nSPS) is 11.0. The van der Waals surface area contributed by atoms with Crippen molar-refractivity contribution >= 4 is 25.6 Å². The van der Waals surface area contributed by atoms with Gasteiger partial charge in [-0.05, 0) is 0 Å². The van der Waals surface area contributed by atoms with Crippen molar-refractivity contribution in [2.75, 3.05) is 0 Å². The van der Waals surface area contributed by atoms with E-state index in [0.29, 0.717) is 0 Å². The average Bonchev–Trinajstić information content (AvgIpc) is 2.54. The van der Waals surface area contributed by atoms with Crippen LogP contribution in [0.1, 0.15) is 0 Å². The molecule has 0 aliphatic heterocycles. The Morgan fingerprint density at radius 3 is 0.696 bits per heavy atom. The molecule has 0 fully saturated rings. The van der Waals surface area contributed by atoms with Gasteiger partial charge in [-0.2, -0.15) is 0 Å². The zero-order chi connectivity index (χ0) is 17.6. The fourth-order valence-corrected chi connectivity index (χ4v) is 4.37. The van der Waals surface area contributed by atoms with Gasteiger partial charge in [-0.25, -0.2) is 0 Å². The summed E-state index contributed by atoms with van der Waals surface area (Å²) in [6.45, 7) is 0. The molecule has 2 aromatic carbocycles. The number of halogens is 10. The van der Waals surface area contributed by atoms with Crippen LogP contribution < -0.4 is 8.24 Å². The summed E-state index contributed by atoms with van der Waals surface area (Å²) in [5.41, 5.74) is 0. The third-order valence-corrected chi connectivity index (χ3v) is 6.11. The molecule has 0 unspecified atom stereocenters. The first-order valence-electron chi connectivity index (χ1n) is 5.47. The molecule has 0 aromatic heterocycles. The molecule has 2 aromatic rings. The number of rotatable bonds is 2. The van der Waals surface area contributed by atoms with Crippen LogP contribution in [0.2, 0.25) is 0 Å². The van der Waals surface area contributed by atoms with E-state index in [-0.39, 0.29) is 0 Å². The van der Waals surface area contributed by atoms with Crippen LogP contribution in [0, 0.1) is 58.2 Å². The predicted molar refractivity (Wildman–Crippen MR) is 57.5 cm³/mol. The molecule has 11 heteroatoms. The van der Waals surface area contributed by atoms with Crippen molar-refractivity contribution in [1.29, 1.82) is 0 Å². The standard InChI is InChI=1S/2C6F5.Ga/c2*7-2-1-3(8)5(10)6(11)4(2)9;. The van der Waals surface area contributed by atoms with Crippen LogP contribution >= 0.6 is 0 Å². The van der Waals surface area contributed by atoms with E-state index in [4.69, 9.17) is 0 Å². The fraction of sp³-hybridized carbons (Fsp3) is 0. The van der Waals surface area contributed by atoms with E-state index in [9.17, 15) is 43.9 Å². The summed E-state index contributed by atoms with van der Waals surface area (Å²) in [6.07, 6.45) is 0. The summed E-state index contributed by atoms with van der Waals surface area (Å²) < 4.78 is 128. The molecule has 0 atom stereocenters. The molecule has 0 amide bonds. The van der Waals surface area contributed by atoms with E-state index in [2.05, 4.69) is 0 Å². The van der Waals surface area contributed by atoms with Gasteiger partial charge in [0, 0.05) is 0 Å². The van der Waals surface area contributed by atoms with Gasteiger partial charge in [-0.3, -0.25) is 0 Å². The van der Waals surface area contributed by atoms with Crippen molar-refractivity contribution in [2.24, 2.45) is 0 Å². The first kappa shape index (κ1) is 17.7. The second-order valence-electron chi connectivity index (χ2n) is 4.11. The molecular formula is C12F10Ga. The van der Waals surface area contributed by atoms with Gasteiger partial charge in [0.1, 0.15) is 0 Å². The van der Waals surface area contributed by atoms with Crippen molar-refractivity contribution in [2.45, 2.75) is 0 Å². The summed E-state index contributed by atoms with van der Waals surface area (Å²) in [5.74, 6) is -24.0. The van der Waals surface area contributed by atoms with E-state index in [0.717, 1.165) is 0 Å². The van der Waals surface area contributed by atoms with Crippen molar-refractivity contribution in [3.63, 3.8) is 0 Å². The first-order chi connectivity index (χ1) is 10.6. The van der Waals surface area contributed by atoms with Crippen LogP contribution in [0.4, 0.5) is 43.9 Å². The molecule has 0 saturated heterocycles. The molecule has 0 bridgehead atoms. The Balaban J connectivity index is 2.71. The first-order valence-corrected chi connectivity index (χ1v) is 7.89. The third kappa shape index (κ3) is 2.71. The van der Waals surface area contributed by atoms with Gasteiger partial charge in [0.05, 0.1) is 0 Å². The molecule has 23 heavy (non-hydrogen) atoms. The van der Waals surface area contributed by atoms with E-state index < -0.39 is 83.8 Å². The van der Waals surface area contributed by atoms with Gasteiger partial charge >= 0.3 is 128 Å². The maximum absolute atomic E-state index is 13.4. The number of benzene rings is 2. The minimum absolute atomic E-state index is 1.58. The Labute approximate surface area is 128 Å². The molecule has 2 rings (SSSR count). The fourth-order valence-electron chi connectivity index (χ4n) is 1.64. The predicted octanol–water partition coefficient (Wildman–Crippen LogP) is 2.73. The minimum atomic E-state index is -3.45. The Morgan fingerprint density at radius 1 is 0.304 bits per heavy atom. The van der Waals surface area contributed by atoms with Gasteiger partial charge in [0.2, 0.25) is 0 Å². The summed E-state index contributed by atoms with van der Waals surface area (Å²) in [6, 6.07) is 0. The average molecular weight is 404 g/mol. The SMILES string of the molecule is Fc1c(F)c(F)[c]([Ga][c]2c(F)c(F)c(F)c(F)c2F)c(F)c1F. The summed E-state index contributed by atoms with van der Waals surface area (Å²) >= 11 is -3.45. The van der Waals surface area contributed by atoms with Crippen LogP contribution in [-0.4, -0.2) is 17.4 Å². The maximum atomic E-state index is 13.4. The second-order valence-corrected chi connectivity index (χ2v) is 7.14. The van der Waals surface area contributed by atoms with Crippen LogP contribution in [0.3, 0.4) is 0 Å². The Hall–Kier alpha value is -1.62. The Bertz CT molecular complexity index is 691. The number of hydrogen-bond acceptors (Lipinski definition) is 0. The van der Waals surface area contributed by atoms with Gasteiger partial charge in [0.25, 0.3) is 0 Å². The summed E-state index contributed by atoms with van der Waals surface area (Å²) in [4.78, 5) is 0. The van der Waals surface area contributed by atoms with E-state index >= 15 is 0 Å². The van der Waals surface area contributed by atoms with Gasteiger partial charge in [0.15, 0.2) is 0 Å². The molecule has 0 aliphatic carbocycles. The van der Waals surface area contributed by atoms with Crippen molar-refractivity contribution in [3.05, 3.63) is 58.2 Å². The molecule has 0 heterocycles. The number of hydrogen-bond donors (Lipinski definition) is 0. The van der Waals surface area contributed by atoms with E-state index in [1.54, 1.807) is 0 Å². The van der Waals surface area contributed by atoms with Gasteiger partial charge in [-0.15, -0.1) is 0 Å². The molecule has 1 radical (unpaired) electrons. The topological polar surface area (TPSA) is 0 Å². The molecule has 0 saturated carbocycles. The summed E-state index contributed by atoms with van der Waals surface area (Å²) in [7, 11) is 0. The molecular weight excluding hydrogens is 404 g/mol. The Morgan fingerprint density at radius 2 is 0.478 bits per heavy atom. The van der Waals surface area contributed by atoms with Gasteiger partial charge in [-0.1, -0.05) is 0 Å². The van der Waals surface area contributed by atoms with Gasteiger partial charge < -0.3 is 0 Å². The van der Waals surface area contributed by atoms with Crippen LogP contribution in [-0.2, 0) is 0 Å². The molecule has 0 nitrogen and oxygen atoms in total. The van der Waals surface area contributed by atoms with Crippen molar-refractivity contribution in [1.82, 2.24) is 0 Å². The molecule has 121 valence electrons. The molecule has 0 spiro atoms.